The van der Waals surface area contributed by atoms with Crippen LogP contribution in [0, 0.1) is 28.9 Å². The van der Waals surface area contributed by atoms with Gasteiger partial charge in [0.15, 0.2) is 24.0 Å². The summed E-state index contributed by atoms with van der Waals surface area (Å²) < 4.78 is 67.1. The van der Waals surface area contributed by atoms with E-state index in [1.807, 2.05) is 0 Å². The summed E-state index contributed by atoms with van der Waals surface area (Å²) in [5, 5.41) is 21.7. The first kappa shape index (κ1) is 37.5. The number of carbonyl (C=O) groups is 4. The molecule has 0 aliphatic carbocycles. The third-order valence-corrected chi connectivity index (χ3v) is 8.11. The molecule has 0 unspecified atom stereocenters. The Labute approximate surface area is 286 Å². The Hall–Kier alpha value is -5.28. The SMILES string of the molecule is Cn1c(-c2ccc(OCC#N)c(F)c2F)cnc1C(=O)Nc1ccc(C(=O)N2CCN(C(=O)[C@H]3CCNC3)CC2)c(Cl)c1.O=C(O)C(F)(F)F. The molecule has 2 aromatic carbocycles. The number of benzene rings is 2. The molecule has 13 nitrogen and oxygen atoms in total. The molecule has 5 rings (SSSR count). The lowest BCUT2D eigenvalue weighted by Gasteiger charge is -2.36. The van der Waals surface area contributed by atoms with Gasteiger partial charge in [-0.25, -0.2) is 14.2 Å². The number of amides is 3. The molecule has 3 N–H and O–H groups in total. The highest BCUT2D eigenvalue weighted by molar-refractivity contribution is 6.34. The van der Waals surface area contributed by atoms with Crippen LogP contribution in [0.25, 0.3) is 11.3 Å². The van der Waals surface area contributed by atoms with Crippen molar-refractivity contribution in [3.63, 3.8) is 0 Å². The van der Waals surface area contributed by atoms with Crippen molar-refractivity contribution in [1.82, 2.24) is 24.7 Å². The Balaban J connectivity index is 0.000000727. The zero-order valence-corrected chi connectivity index (χ0v) is 26.9. The largest absolute Gasteiger partial charge is 0.490 e. The maximum absolute atomic E-state index is 14.8. The minimum Gasteiger partial charge on any atom is -0.476 e. The number of hydrogen-bond acceptors (Lipinski definition) is 8. The summed E-state index contributed by atoms with van der Waals surface area (Å²) in [4.78, 5) is 55.2. The lowest BCUT2D eigenvalue weighted by atomic mass is 10.1. The van der Waals surface area contributed by atoms with Crippen molar-refractivity contribution in [3.05, 3.63) is 64.6 Å². The van der Waals surface area contributed by atoms with Crippen LogP contribution in [-0.4, -0.2) is 100 Å². The molecule has 2 saturated heterocycles. The zero-order chi connectivity index (χ0) is 36.7. The highest BCUT2D eigenvalue weighted by Gasteiger charge is 2.38. The number of aliphatic carboxylic acids is 1. The van der Waals surface area contributed by atoms with E-state index in [4.69, 9.17) is 31.5 Å². The van der Waals surface area contributed by atoms with Gasteiger partial charge < -0.3 is 34.8 Å². The standard InChI is InChI=1S/C29H28ClF2N7O4.C2HF3O2/c1-37-22(20-4-5-23(43-13-7-33)25(32)24(20)31)16-35-26(37)27(40)36-18-2-3-19(21(30)14-18)29(42)39-11-9-38(10-12-39)28(41)17-6-8-34-15-17;3-2(4,5)1(6)7/h2-5,14,16-17,34H,6,8-13,15H2,1H3,(H,36,40);(H,6,7)/t17-;/m0./s1. The Morgan fingerprint density at radius 1 is 1.10 bits per heavy atom. The van der Waals surface area contributed by atoms with Gasteiger partial charge in [-0.3, -0.25) is 14.4 Å². The number of carboxylic acid groups (broad SMARTS) is 1. The molecule has 50 heavy (non-hydrogen) atoms. The van der Waals surface area contributed by atoms with E-state index < -0.39 is 42.0 Å². The fraction of sp³-hybridized carbons (Fsp3) is 0.355. The number of aromatic nitrogens is 2. The summed E-state index contributed by atoms with van der Waals surface area (Å²) in [5.41, 5.74) is 0.544. The van der Waals surface area contributed by atoms with Crippen LogP contribution in [0.15, 0.2) is 36.5 Å². The Morgan fingerprint density at radius 3 is 2.34 bits per heavy atom. The van der Waals surface area contributed by atoms with Crippen LogP contribution in [0.2, 0.25) is 5.02 Å². The minimum absolute atomic E-state index is 0.0107. The molecule has 2 aliphatic heterocycles. The zero-order valence-electron chi connectivity index (χ0n) is 26.2. The summed E-state index contributed by atoms with van der Waals surface area (Å²) >= 11 is 6.43. The van der Waals surface area contributed by atoms with Crippen molar-refractivity contribution >= 4 is 41.0 Å². The molecule has 3 amide bonds. The van der Waals surface area contributed by atoms with Crippen molar-refractivity contribution in [2.45, 2.75) is 12.6 Å². The highest BCUT2D eigenvalue weighted by Crippen LogP contribution is 2.30. The second-order valence-corrected chi connectivity index (χ2v) is 11.4. The van der Waals surface area contributed by atoms with E-state index in [9.17, 15) is 36.3 Å². The number of ether oxygens (including phenoxy) is 1. The van der Waals surface area contributed by atoms with E-state index in [0.29, 0.717) is 38.4 Å². The van der Waals surface area contributed by atoms with Crippen molar-refractivity contribution in [2.75, 3.05) is 51.2 Å². The third-order valence-electron chi connectivity index (χ3n) is 7.79. The second kappa shape index (κ2) is 16.0. The van der Waals surface area contributed by atoms with E-state index in [1.54, 1.807) is 15.9 Å². The van der Waals surface area contributed by atoms with E-state index in [-0.39, 0.29) is 45.4 Å². The molecule has 2 aliphatic rings. The summed E-state index contributed by atoms with van der Waals surface area (Å²) in [6.07, 6.45) is -3.03. The number of hydrogen-bond donors (Lipinski definition) is 3. The van der Waals surface area contributed by atoms with Crippen LogP contribution >= 0.6 is 11.6 Å². The number of nitriles is 1. The van der Waals surface area contributed by atoms with Crippen LogP contribution in [0.1, 0.15) is 27.4 Å². The first-order valence-electron chi connectivity index (χ1n) is 14.8. The monoisotopic (exact) mass is 725 g/mol. The number of nitrogens with zero attached hydrogens (tertiary/aromatic N) is 5. The van der Waals surface area contributed by atoms with E-state index in [2.05, 4.69) is 15.6 Å². The quantitative estimate of drug-likeness (QED) is 0.308. The average Bonchev–Trinajstić information content (AvgIpc) is 3.75. The first-order valence-corrected chi connectivity index (χ1v) is 15.2. The van der Waals surface area contributed by atoms with Gasteiger partial charge in [-0.2, -0.15) is 22.8 Å². The van der Waals surface area contributed by atoms with Crippen LogP contribution in [0.4, 0.5) is 27.6 Å². The number of anilines is 1. The van der Waals surface area contributed by atoms with Crippen LogP contribution in [-0.2, 0) is 16.6 Å². The molecule has 1 aromatic heterocycles. The lowest BCUT2D eigenvalue weighted by Crippen LogP contribution is -2.52. The van der Waals surface area contributed by atoms with E-state index in [1.165, 1.54) is 48.1 Å². The summed E-state index contributed by atoms with van der Waals surface area (Å²) in [6.45, 7) is 2.77. The maximum atomic E-state index is 14.8. The number of imidazole rings is 1. The van der Waals surface area contributed by atoms with Gasteiger partial charge in [0.2, 0.25) is 11.7 Å². The maximum Gasteiger partial charge on any atom is 0.490 e. The topological polar surface area (TPSA) is 170 Å². The van der Waals surface area contributed by atoms with Crippen LogP contribution in [0.3, 0.4) is 0 Å². The highest BCUT2D eigenvalue weighted by atomic mass is 35.5. The number of nitrogens with one attached hydrogen (secondary N) is 2. The Morgan fingerprint density at radius 2 is 1.76 bits per heavy atom. The van der Waals surface area contributed by atoms with Gasteiger partial charge in [-0.1, -0.05) is 11.6 Å². The molecule has 0 saturated carbocycles. The van der Waals surface area contributed by atoms with Gasteiger partial charge in [0.25, 0.3) is 11.8 Å². The molecule has 0 spiro atoms. The number of carboxylic acids is 1. The molecule has 3 aromatic rings. The fourth-order valence-corrected chi connectivity index (χ4v) is 5.46. The van der Waals surface area contributed by atoms with Gasteiger partial charge in [0.1, 0.15) is 6.07 Å². The second-order valence-electron chi connectivity index (χ2n) is 11.0. The number of alkyl halides is 3. The van der Waals surface area contributed by atoms with Crippen LogP contribution < -0.4 is 15.4 Å². The molecule has 19 heteroatoms. The number of rotatable bonds is 7. The van der Waals surface area contributed by atoms with Crippen molar-refractivity contribution < 1.29 is 51.0 Å². The van der Waals surface area contributed by atoms with Gasteiger partial charge in [0.05, 0.1) is 28.4 Å². The molecule has 1 atom stereocenters. The molecule has 0 radical (unpaired) electrons. The van der Waals surface area contributed by atoms with Gasteiger partial charge in [-0.15, -0.1) is 0 Å². The van der Waals surface area contributed by atoms with Crippen molar-refractivity contribution in [1.29, 1.82) is 5.26 Å². The molecular formula is C31H29ClF5N7O6. The number of halogens is 6. The predicted octanol–water partition coefficient (Wildman–Crippen LogP) is 3.70. The van der Waals surface area contributed by atoms with E-state index >= 15 is 0 Å². The van der Waals surface area contributed by atoms with Crippen LogP contribution in [0.5, 0.6) is 5.75 Å². The first-order chi connectivity index (χ1) is 23.6. The smallest absolute Gasteiger partial charge is 0.476 e. The predicted molar refractivity (Wildman–Crippen MR) is 166 cm³/mol. The van der Waals surface area contributed by atoms with Gasteiger partial charge in [0, 0.05) is 51.0 Å². The Kier molecular flexibility index (Phi) is 12.0. The molecule has 0 bridgehead atoms. The molecule has 2 fully saturated rings. The normalized spacial score (nSPS) is 15.8. The van der Waals surface area contributed by atoms with Crippen molar-refractivity contribution in [2.24, 2.45) is 13.0 Å². The number of carbonyl (C=O) groups excluding carboxylic acids is 3. The fourth-order valence-electron chi connectivity index (χ4n) is 5.20. The Bertz CT molecular complexity index is 1820. The molecule has 3 heterocycles. The summed E-state index contributed by atoms with van der Waals surface area (Å²) in [6, 6.07) is 8.63. The van der Waals surface area contributed by atoms with E-state index in [0.717, 1.165) is 13.0 Å². The average molecular weight is 726 g/mol. The van der Waals surface area contributed by atoms with Crippen molar-refractivity contribution in [3.8, 4) is 23.1 Å². The minimum atomic E-state index is -5.08. The molecular weight excluding hydrogens is 697 g/mol. The summed E-state index contributed by atoms with van der Waals surface area (Å²) in [5.74, 6) is -6.53. The third kappa shape index (κ3) is 8.65. The number of piperazine rings is 1. The molecule has 266 valence electrons. The summed E-state index contributed by atoms with van der Waals surface area (Å²) in [7, 11) is 1.47. The van der Waals surface area contributed by atoms with Gasteiger partial charge in [-0.05, 0) is 43.3 Å². The van der Waals surface area contributed by atoms with Gasteiger partial charge >= 0.3 is 12.1 Å². The lowest BCUT2D eigenvalue weighted by molar-refractivity contribution is -0.192.